The molecule has 1 aromatic carbocycles. The first kappa shape index (κ1) is 15.8. The van der Waals surface area contributed by atoms with Crippen molar-refractivity contribution in [1.29, 1.82) is 0 Å². The molecule has 20 heavy (non-hydrogen) atoms. The molecule has 0 saturated carbocycles. The number of rotatable bonds is 7. The Morgan fingerprint density at radius 2 is 2.10 bits per heavy atom. The molecule has 6 nitrogen and oxygen atoms in total. The van der Waals surface area contributed by atoms with E-state index in [1.54, 1.807) is 0 Å². The van der Waals surface area contributed by atoms with E-state index in [4.69, 9.17) is 9.84 Å². The van der Waals surface area contributed by atoms with E-state index in [1.807, 2.05) is 6.92 Å². The summed E-state index contributed by atoms with van der Waals surface area (Å²) >= 11 is 0. The second-order valence-electron chi connectivity index (χ2n) is 4.39. The van der Waals surface area contributed by atoms with Crippen molar-refractivity contribution in [3.05, 3.63) is 23.8 Å². The molecule has 3 N–H and O–H groups in total. The van der Waals surface area contributed by atoms with Gasteiger partial charge in [0.25, 0.3) is 5.91 Å². The standard InChI is InChI=1S/C14H19NO5/c1-3-4-5-11(14(18)19)15-13(17)10-7-6-9(20-2)8-12(10)16/h6-8,11,16H,3-5H2,1-2H3,(H,15,17)(H,18,19)/t11-/m0/s1. The van der Waals surface area contributed by atoms with Gasteiger partial charge in [-0.05, 0) is 18.6 Å². The highest BCUT2D eigenvalue weighted by Gasteiger charge is 2.21. The summed E-state index contributed by atoms with van der Waals surface area (Å²) < 4.78 is 4.92. The van der Waals surface area contributed by atoms with Gasteiger partial charge >= 0.3 is 5.97 Å². The average Bonchev–Trinajstić information content (AvgIpc) is 2.42. The molecule has 1 rings (SSSR count). The highest BCUT2D eigenvalue weighted by molar-refractivity contribution is 5.99. The van der Waals surface area contributed by atoms with Crippen molar-refractivity contribution >= 4 is 11.9 Å². The molecule has 110 valence electrons. The summed E-state index contributed by atoms with van der Waals surface area (Å²) in [6.07, 6.45) is 1.90. The van der Waals surface area contributed by atoms with E-state index in [9.17, 15) is 14.7 Å². The van der Waals surface area contributed by atoms with Gasteiger partial charge in [-0.15, -0.1) is 0 Å². The minimum Gasteiger partial charge on any atom is -0.507 e. The van der Waals surface area contributed by atoms with Crippen LogP contribution in [0.2, 0.25) is 0 Å². The van der Waals surface area contributed by atoms with Crippen LogP contribution in [0, 0.1) is 0 Å². The summed E-state index contributed by atoms with van der Waals surface area (Å²) in [5.74, 6) is -1.53. The van der Waals surface area contributed by atoms with Gasteiger partial charge in [-0.3, -0.25) is 4.79 Å². The second kappa shape index (κ2) is 7.37. The van der Waals surface area contributed by atoms with Gasteiger partial charge in [0.1, 0.15) is 17.5 Å². The number of nitrogens with one attached hydrogen (secondary N) is 1. The zero-order valence-electron chi connectivity index (χ0n) is 11.5. The van der Waals surface area contributed by atoms with Crippen LogP contribution in [0.5, 0.6) is 11.5 Å². The summed E-state index contributed by atoms with van der Waals surface area (Å²) in [5.41, 5.74) is 0.0218. The van der Waals surface area contributed by atoms with E-state index >= 15 is 0 Å². The summed E-state index contributed by atoms with van der Waals surface area (Å²) in [5, 5.41) is 21.2. The fourth-order valence-electron chi connectivity index (χ4n) is 1.73. The number of hydrogen-bond acceptors (Lipinski definition) is 4. The number of carbonyl (C=O) groups excluding carboxylic acids is 1. The monoisotopic (exact) mass is 281 g/mol. The lowest BCUT2D eigenvalue weighted by Gasteiger charge is -2.14. The van der Waals surface area contributed by atoms with Crippen molar-refractivity contribution in [3.8, 4) is 11.5 Å². The molecule has 0 aliphatic heterocycles. The lowest BCUT2D eigenvalue weighted by molar-refractivity contribution is -0.139. The molecule has 1 aromatic rings. The Balaban J connectivity index is 2.80. The fourth-order valence-corrected chi connectivity index (χ4v) is 1.73. The number of benzene rings is 1. The third-order valence-electron chi connectivity index (χ3n) is 2.90. The number of phenolic OH excluding ortho intramolecular Hbond substituents is 1. The smallest absolute Gasteiger partial charge is 0.326 e. The van der Waals surface area contributed by atoms with Gasteiger partial charge in [0.05, 0.1) is 12.7 Å². The molecular formula is C14H19NO5. The van der Waals surface area contributed by atoms with Gasteiger partial charge in [0.15, 0.2) is 0 Å². The molecule has 0 radical (unpaired) electrons. The SMILES string of the molecule is CCCC[C@H](NC(=O)c1ccc(OC)cc1O)C(=O)O. The Kier molecular flexibility index (Phi) is 5.83. The molecule has 6 heteroatoms. The van der Waals surface area contributed by atoms with Crippen molar-refractivity contribution in [3.63, 3.8) is 0 Å². The molecule has 0 heterocycles. The van der Waals surface area contributed by atoms with Crippen LogP contribution in [0.1, 0.15) is 36.5 Å². The minimum absolute atomic E-state index is 0.0218. The lowest BCUT2D eigenvalue weighted by Crippen LogP contribution is -2.40. The number of aromatic hydroxyl groups is 1. The van der Waals surface area contributed by atoms with E-state index in [-0.39, 0.29) is 11.3 Å². The number of hydrogen-bond donors (Lipinski definition) is 3. The first-order valence-electron chi connectivity index (χ1n) is 6.40. The minimum atomic E-state index is -1.08. The van der Waals surface area contributed by atoms with Crippen LogP contribution < -0.4 is 10.1 Å². The maximum absolute atomic E-state index is 12.0. The van der Waals surface area contributed by atoms with Crippen LogP contribution in [0.3, 0.4) is 0 Å². The Morgan fingerprint density at radius 3 is 2.60 bits per heavy atom. The van der Waals surface area contributed by atoms with E-state index in [1.165, 1.54) is 25.3 Å². The molecular weight excluding hydrogens is 262 g/mol. The Morgan fingerprint density at radius 1 is 1.40 bits per heavy atom. The Labute approximate surface area is 117 Å². The van der Waals surface area contributed by atoms with Gasteiger partial charge in [-0.2, -0.15) is 0 Å². The third kappa shape index (κ3) is 4.15. The summed E-state index contributed by atoms with van der Waals surface area (Å²) in [6.45, 7) is 1.94. The van der Waals surface area contributed by atoms with Crippen molar-refractivity contribution < 1.29 is 24.5 Å². The lowest BCUT2D eigenvalue weighted by atomic mass is 10.1. The number of methoxy groups -OCH3 is 1. The quantitative estimate of drug-likeness (QED) is 0.708. The molecule has 0 bridgehead atoms. The van der Waals surface area contributed by atoms with Gasteiger partial charge in [0.2, 0.25) is 0 Å². The topological polar surface area (TPSA) is 95.9 Å². The van der Waals surface area contributed by atoms with E-state index in [2.05, 4.69) is 5.32 Å². The van der Waals surface area contributed by atoms with Crippen LogP contribution in [0.4, 0.5) is 0 Å². The Hall–Kier alpha value is -2.24. The number of ether oxygens (including phenoxy) is 1. The van der Waals surface area contributed by atoms with Crippen LogP contribution in [0.25, 0.3) is 0 Å². The molecule has 0 fully saturated rings. The van der Waals surface area contributed by atoms with Crippen LogP contribution in [0.15, 0.2) is 18.2 Å². The highest BCUT2D eigenvalue weighted by Crippen LogP contribution is 2.23. The number of carboxylic acid groups (broad SMARTS) is 1. The number of aliphatic carboxylic acids is 1. The first-order valence-corrected chi connectivity index (χ1v) is 6.40. The second-order valence-corrected chi connectivity index (χ2v) is 4.39. The van der Waals surface area contributed by atoms with E-state index in [0.717, 1.165) is 6.42 Å². The van der Waals surface area contributed by atoms with Crippen LogP contribution in [-0.2, 0) is 4.79 Å². The van der Waals surface area contributed by atoms with Gasteiger partial charge in [-0.1, -0.05) is 19.8 Å². The zero-order chi connectivity index (χ0) is 15.1. The summed E-state index contributed by atoms with van der Waals surface area (Å²) in [7, 11) is 1.44. The maximum atomic E-state index is 12.0. The number of unbranched alkanes of at least 4 members (excludes halogenated alkanes) is 1. The predicted molar refractivity (Wildman–Crippen MR) is 73.1 cm³/mol. The normalized spacial score (nSPS) is 11.7. The van der Waals surface area contributed by atoms with Gasteiger partial charge < -0.3 is 20.3 Å². The van der Waals surface area contributed by atoms with Crippen molar-refractivity contribution in [2.24, 2.45) is 0 Å². The number of carboxylic acids is 1. The van der Waals surface area contributed by atoms with Gasteiger partial charge in [-0.25, -0.2) is 4.79 Å². The fraction of sp³-hybridized carbons (Fsp3) is 0.429. The van der Waals surface area contributed by atoms with Gasteiger partial charge in [0, 0.05) is 6.07 Å². The summed E-state index contributed by atoms with van der Waals surface area (Å²) in [4.78, 5) is 23.0. The van der Waals surface area contributed by atoms with Crippen molar-refractivity contribution in [2.75, 3.05) is 7.11 Å². The molecule has 1 atom stereocenters. The molecule has 0 aliphatic rings. The first-order chi connectivity index (χ1) is 9.49. The molecule has 0 saturated heterocycles. The molecule has 0 unspecified atom stereocenters. The zero-order valence-corrected chi connectivity index (χ0v) is 11.5. The van der Waals surface area contributed by atoms with Crippen LogP contribution >= 0.6 is 0 Å². The molecule has 1 amide bonds. The number of amides is 1. The average molecular weight is 281 g/mol. The maximum Gasteiger partial charge on any atom is 0.326 e. The Bertz CT molecular complexity index is 486. The number of phenols is 1. The van der Waals surface area contributed by atoms with E-state index < -0.39 is 17.9 Å². The third-order valence-corrected chi connectivity index (χ3v) is 2.90. The molecule has 0 aromatic heterocycles. The summed E-state index contributed by atoms with van der Waals surface area (Å²) in [6, 6.07) is 3.26. The van der Waals surface area contributed by atoms with Crippen LogP contribution in [-0.4, -0.2) is 35.2 Å². The molecule has 0 aliphatic carbocycles. The van der Waals surface area contributed by atoms with E-state index in [0.29, 0.717) is 18.6 Å². The predicted octanol–water partition coefficient (Wildman–Crippen LogP) is 1.77. The number of carbonyl (C=O) groups is 2. The largest absolute Gasteiger partial charge is 0.507 e. The van der Waals surface area contributed by atoms with Crippen molar-refractivity contribution in [1.82, 2.24) is 5.32 Å². The van der Waals surface area contributed by atoms with Crippen molar-refractivity contribution in [2.45, 2.75) is 32.2 Å². The molecule has 0 spiro atoms. The highest BCUT2D eigenvalue weighted by atomic mass is 16.5.